The number of carbonyl (C=O) groups is 1. The fraction of sp³-hybridized carbons (Fsp3) is 0.556. The second-order valence-electron chi connectivity index (χ2n) is 3.12. The van der Waals surface area contributed by atoms with E-state index in [1.807, 2.05) is 6.92 Å². The summed E-state index contributed by atoms with van der Waals surface area (Å²) in [7, 11) is 0. The normalized spacial score (nSPS) is 12.4. The van der Waals surface area contributed by atoms with Crippen molar-refractivity contribution in [2.24, 2.45) is 0 Å². The van der Waals surface area contributed by atoms with Crippen molar-refractivity contribution in [2.45, 2.75) is 32.7 Å². The van der Waals surface area contributed by atoms with Crippen LogP contribution in [0.5, 0.6) is 6.01 Å². The van der Waals surface area contributed by atoms with Crippen LogP contribution in [-0.2, 0) is 0 Å². The van der Waals surface area contributed by atoms with Crippen LogP contribution in [-0.4, -0.2) is 20.8 Å². The van der Waals surface area contributed by atoms with E-state index in [0.29, 0.717) is 0 Å². The van der Waals surface area contributed by atoms with Gasteiger partial charge in [-0.3, -0.25) is 4.57 Å². The maximum Gasteiger partial charge on any atom is 0.513 e. The molecule has 1 rings (SSSR count). The Balaban J connectivity index is 2.75. The molecule has 0 bridgehead atoms. The monoisotopic (exact) mass is 198 g/mol. The van der Waals surface area contributed by atoms with Gasteiger partial charge in [-0.2, -0.15) is 0 Å². The quantitative estimate of drug-likeness (QED) is 0.754. The van der Waals surface area contributed by atoms with Gasteiger partial charge in [0, 0.05) is 18.4 Å². The Morgan fingerprint density at radius 2 is 2.50 bits per heavy atom. The molecule has 1 N–H and O–H groups in total. The molecule has 0 amide bonds. The van der Waals surface area contributed by atoms with Crippen LogP contribution in [0.1, 0.15) is 32.7 Å². The molecule has 14 heavy (non-hydrogen) atoms. The van der Waals surface area contributed by atoms with Gasteiger partial charge < -0.3 is 9.84 Å². The van der Waals surface area contributed by atoms with E-state index in [-0.39, 0.29) is 12.1 Å². The first-order chi connectivity index (χ1) is 6.65. The molecule has 5 nitrogen and oxygen atoms in total. The van der Waals surface area contributed by atoms with Crippen molar-refractivity contribution in [2.75, 3.05) is 0 Å². The molecule has 0 fully saturated rings. The molecule has 0 radical (unpaired) electrons. The average Bonchev–Trinajstić information content (AvgIpc) is 2.51. The molecule has 1 unspecified atom stereocenters. The lowest BCUT2D eigenvalue weighted by Crippen LogP contribution is -2.11. The minimum Gasteiger partial charge on any atom is -0.449 e. The van der Waals surface area contributed by atoms with Gasteiger partial charge in [0.25, 0.3) is 0 Å². The van der Waals surface area contributed by atoms with Gasteiger partial charge in [0.15, 0.2) is 0 Å². The fourth-order valence-corrected chi connectivity index (χ4v) is 1.35. The number of ether oxygens (including phenoxy) is 1. The van der Waals surface area contributed by atoms with Gasteiger partial charge in [-0.25, -0.2) is 9.78 Å². The number of aromatic nitrogens is 2. The Hall–Kier alpha value is -1.52. The van der Waals surface area contributed by atoms with E-state index in [2.05, 4.69) is 16.6 Å². The lowest BCUT2D eigenvalue weighted by Gasteiger charge is -2.13. The second-order valence-corrected chi connectivity index (χ2v) is 3.12. The molecule has 0 aliphatic heterocycles. The van der Waals surface area contributed by atoms with E-state index in [9.17, 15) is 4.79 Å². The zero-order chi connectivity index (χ0) is 10.6. The smallest absolute Gasteiger partial charge is 0.449 e. The minimum absolute atomic E-state index is 0.137. The highest BCUT2D eigenvalue weighted by molar-refractivity contribution is 5.59. The summed E-state index contributed by atoms with van der Waals surface area (Å²) in [5, 5.41) is 8.45. The summed E-state index contributed by atoms with van der Waals surface area (Å²) in [6.07, 6.45) is 3.92. The van der Waals surface area contributed by atoms with E-state index >= 15 is 0 Å². The van der Waals surface area contributed by atoms with E-state index in [4.69, 9.17) is 5.11 Å². The first kappa shape index (κ1) is 10.6. The van der Waals surface area contributed by atoms with Crippen LogP contribution < -0.4 is 4.74 Å². The zero-order valence-corrected chi connectivity index (χ0v) is 8.30. The van der Waals surface area contributed by atoms with Gasteiger partial charge in [0.1, 0.15) is 0 Å². The summed E-state index contributed by atoms with van der Waals surface area (Å²) >= 11 is 0. The lowest BCUT2D eigenvalue weighted by atomic mass is 10.2. The van der Waals surface area contributed by atoms with Gasteiger partial charge >= 0.3 is 12.2 Å². The molecule has 1 aromatic rings. The summed E-state index contributed by atoms with van der Waals surface area (Å²) in [6.45, 7) is 4.07. The highest BCUT2D eigenvalue weighted by atomic mass is 16.7. The molecule has 0 aliphatic rings. The first-order valence-corrected chi connectivity index (χ1v) is 4.58. The van der Waals surface area contributed by atoms with Crippen molar-refractivity contribution in [1.82, 2.24) is 9.55 Å². The van der Waals surface area contributed by atoms with Crippen LogP contribution in [0, 0.1) is 0 Å². The molecule has 1 atom stereocenters. The van der Waals surface area contributed by atoms with E-state index in [1.165, 1.54) is 6.20 Å². The third-order valence-electron chi connectivity index (χ3n) is 1.99. The summed E-state index contributed by atoms with van der Waals surface area (Å²) in [4.78, 5) is 14.1. The molecular formula is C9H14N2O3. The number of nitrogens with zero attached hydrogens (tertiary/aromatic N) is 2. The second kappa shape index (κ2) is 4.64. The molecule has 0 spiro atoms. The van der Waals surface area contributed by atoms with Crippen molar-refractivity contribution < 1.29 is 14.6 Å². The molecule has 0 aliphatic carbocycles. The highest BCUT2D eigenvalue weighted by Gasteiger charge is 2.12. The van der Waals surface area contributed by atoms with Crippen molar-refractivity contribution in [3.8, 4) is 6.01 Å². The minimum atomic E-state index is -1.33. The number of hydrogen-bond acceptors (Lipinski definition) is 3. The standard InChI is InChI=1S/C9H14N2O3/c1-3-4-7(2)11-6-5-10-8(11)14-9(12)13/h5-7H,3-4H2,1-2H3,(H,12,13). The van der Waals surface area contributed by atoms with Gasteiger partial charge in [0.05, 0.1) is 0 Å². The van der Waals surface area contributed by atoms with E-state index in [1.54, 1.807) is 10.8 Å². The van der Waals surface area contributed by atoms with Crippen molar-refractivity contribution in [3.05, 3.63) is 12.4 Å². The molecule has 1 aromatic heterocycles. The molecule has 1 heterocycles. The summed E-state index contributed by atoms with van der Waals surface area (Å²) in [5.74, 6) is 0. The van der Waals surface area contributed by atoms with Gasteiger partial charge in [-0.05, 0) is 13.3 Å². The van der Waals surface area contributed by atoms with Gasteiger partial charge in [0.2, 0.25) is 0 Å². The predicted octanol–water partition coefficient (Wildman–Crippen LogP) is 2.30. The molecule has 0 saturated carbocycles. The third kappa shape index (κ3) is 2.48. The maximum absolute atomic E-state index is 10.3. The number of rotatable bonds is 4. The van der Waals surface area contributed by atoms with Crippen LogP contribution in [0.2, 0.25) is 0 Å². The topological polar surface area (TPSA) is 64.4 Å². The zero-order valence-electron chi connectivity index (χ0n) is 8.30. The SMILES string of the molecule is CCCC(C)n1ccnc1OC(=O)O. The van der Waals surface area contributed by atoms with E-state index < -0.39 is 6.16 Å². The van der Waals surface area contributed by atoms with Crippen molar-refractivity contribution >= 4 is 6.16 Å². The number of imidazole rings is 1. The summed E-state index contributed by atoms with van der Waals surface area (Å²) in [6, 6.07) is 0.343. The molecular weight excluding hydrogens is 184 g/mol. The largest absolute Gasteiger partial charge is 0.513 e. The van der Waals surface area contributed by atoms with Crippen LogP contribution in [0.4, 0.5) is 4.79 Å². The molecule has 5 heteroatoms. The Morgan fingerprint density at radius 1 is 1.79 bits per heavy atom. The molecule has 78 valence electrons. The summed E-state index contributed by atoms with van der Waals surface area (Å²) in [5.41, 5.74) is 0. The Labute approximate surface area is 82.3 Å². The molecule has 0 aromatic carbocycles. The number of hydrogen-bond donors (Lipinski definition) is 1. The number of carboxylic acid groups (broad SMARTS) is 1. The van der Waals surface area contributed by atoms with Crippen molar-refractivity contribution in [1.29, 1.82) is 0 Å². The van der Waals surface area contributed by atoms with Crippen LogP contribution in [0.3, 0.4) is 0 Å². The van der Waals surface area contributed by atoms with Crippen LogP contribution >= 0.6 is 0 Å². The maximum atomic E-state index is 10.3. The third-order valence-corrected chi connectivity index (χ3v) is 1.99. The highest BCUT2D eigenvalue weighted by Crippen LogP contribution is 2.19. The van der Waals surface area contributed by atoms with E-state index in [0.717, 1.165) is 12.8 Å². The first-order valence-electron chi connectivity index (χ1n) is 4.58. The Bertz CT molecular complexity index is 309. The fourth-order valence-electron chi connectivity index (χ4n) is 1.35. The van der Waals surface area contributed by atoms with Gasteiger partial charge in [-0.15, -0.1) is 0 Å². The van der Waals surface area contributed by atoms with Gasteiger partial charge in [-0.1, -0.05) is 13.3 Å². The van der Waals surface area contributed by atoms with Crippen LogP contribution in [0.25, 0.3) is 0 Å². The molecule has 0 saturated heterocycles. The Morgan fingerprint density at radius 3 is 3.07 bits per heavy atom. The predicted molar refractivity (Wildman–Crippen MR) is 50.5 cm³/mol. The van der Waals surface area contributed by atoms with Crippen molar-refractivity contribution in [3.63, 3.8) is 0 Å². The average molecular weight is 198 g/mol. The van der Waals surface area contributed by atoms with Crippen LogP contribution in [0.15, 0.2) is 12.4 Å². The lowest BCUT2D eigenvalue weighted by molar-refractivity contribution is 0.137. The Kier molecular flexibility index (Phi) is 3.50. The summed E-state index contributed by atoms with van der Waals surface area (Å²) < 4.78 is 6.24.